The van der Waals surface area contributed by atoms with Crippen LogP contribution in [0.3, 0.4) is 0 Å². The molecule has 76 heavy (non-hydrogen) atoms. The van der Waals surface area contributed by atoms with Gasteiger partial charge in [0.2, 0.25) is 0 Å². The molecule has 0 N–H and O–H groups in total. The van der Waals surface area contributed by atoms with Crippen LogP contribution >= 0.6 is 0 Å². The standard InChI is InChI=1S/C70H110O6/c1-4-7-10-13-16-19-22-24-26-28-30-32-33-34-35-36-37-39-40-42-44-46-48-51-54-57-60-63-69(72)75-66-67(65-74-68(71)62-59-56-53-50-21-18-15-12-9-6-3)76-70(73)64-61-58-55-52-49-47-45-43-41-38-31-29-27-25-23-20-17-14-11-8-5-2/h7-8,10-12,15-17,19-20,24-27,30-32,34-35,37-39,42,44,48,51,67H,4-6,9,13-14,18,21-23,28-29,33,36,40-41,43,45-47,49-50,52-66H2,1-3H3/b10-7-,11-8-,15-12-,19-16-,20-17-,26-24-,27-25-,32-30-,35-34-,38-31-,39-37-,44-42-,51-48-. The minimum absolute atomic E-state index is 0.106. The molecule has 0 heterocycles. The minimum Gasteiger partial charge on any atom is -0.462 e. The van der Waals surface area contributed by atoms with Crippen LogP contribution in [0.2, 0.25) is 0 Å². The molecule has 0 fully saturated rings. The molecule has 0 aliphatic carbocycles. The molecule has 0 spiro atoms. The van der Waals surface area contributed by atoms with Gasteiger partial charge in [0.05, 0.1) is 0 Å². The van der Waals surface area contributed by atoms with Crippen molar-refractivity contribution in [2.24, 2.45) is 0 Å². The van der Waals surface area contributed by atoms with E-state index in [4.69, 9.17) is 14.2 Å². The van der Waals surface area contributed by atoms with Gasteiger partial charge in [0, 0.05) is 19.3 Å². The molecule has 426 valence electrons. The fourth-order valence-electron chi connectivity index (χ4n) is 7.74. The summed E-state index contributed by atoms with van der Waals surface area (Å²) in [5.74, 6) is -0.977. The van der Waals surface area contributed by atoms with Gasteiger partial charge < -0.3 is 14.2 Å². The average Bonchev–Trinajstić information content (AvgIpc) is 3.42. The second-order valence-electron chi connectivity index (χ2n) is 19.5. The van der Waals surface area contributed by atoms with E-state index in [2.05, 4.69) is 179 Å². The highest BCUT2D eigenvalue weighted by molar-refractivity contribution is 5.71. The average molecular weight is 1050 g/mol. The first-order valence-corrected chi connectivity index (χ1v) is 30.5. The number of hydrogen-bond acceptors (Lipinski definition) is 6. The molecule has 6 heteroatoms. The second kappa shape index (κ2) is 62.6. The van der Waals surface area contributed by atoms with Crippen LogP contribution in [-0.4, -0.2) is 37.2 Å². The molecule has 0 amide bonds. The molecule has 1 unspecified atom stereocenters. The predicted molar refractivity (Wildman–Crippen MR) is 329 cm³/mol. The van der Waals surface area contributed by atoms with Gasteiger partial charge in [0.15, 0.2) is 6.10 Å². The molecule has 0 radical (unpaired) electrons. The van der Waals surface area contributed by atoms with E-state index in [1.165, 1.54) is 44.9 Å². The molecule has 0 rings (SSSR count). The Hall–Kier alpha value is -4.97. The minimum atomic E-state index is -0.812. The highest BCUT2D eigenvalue weighted by Crippen LogP contribution is 2.14. The maximum absolute atomic E-state index is 12.9. The molecule has 1 atom stereocenters. The van der Waals surface area contributed by atoms with Crippen molar-refractivity contribution in [3.8, 4) is 0 Å². The third kappa shape index (κ3) is 59.9. The van der Waals surface area contributed by atoms with Gasteiger partial charge in [0.25, 0.3) is 0 Å². The van der Waals surface area contributed by atoms with Crippen molar-refractivity contribution in [3.05, 3.63) is 158 Å². The molecular formula is C70H110O6. The first-order valence-electron chi connectivity index (χ1n) is 30.5. The van der Waals surface area contributed by atoms with Crippen molar-refractivity contribution >= 4 is 17.9 Å². The van der Waals surface area contributed by atoms with E-state index in [-0.39, 0.29) is 31.1 Å². The number of unbranched alkanes of at least 4 members (excludes halogenated alkanes) is 16. The third-order valence-electron chi connectivity index (χ3n) is 12.2. The number of allylic oxidation sites excluding steroid dienone is 26. The lowest BCUT2D eigenvalue weighted by Crippen LogP contribution is -2.30. The van der Waals surface area contributed by atoms with E-state index < -0.39 is 6.10 Å². The Morgan fingerprint density at radius 2 is 0.513 bits per heavy atom. The molecule has 0 aliphatic heterocycles. The smallest absolute Gasteiger partial charge is 0.306 e. The molecule has 0 saturated heterocycles. The van der Waals surface area contributed by atoms with Crippen LogP contribution in [0.25, 0.3) is 0 Å². The number of carbonyl (C=O) groups excluding carboxylic acids is 3. The molecule has 0 aromatic heterocycles. The van der Waals surface area contributed by atoms with Crippen molar-refractivity contribution in [1.82, 2.24) is 0 Å². The van der Waals surface area contributed by atoms with E-state index in [1.54, 1.807) is 0 Å². The lowest BCUT2D eigenvalue weighted by molar-refractivity contribution is -0.167. The van der Waals surface area contributed by atoms with Gasteiger partial charge in [0.1, 0.15) is 13.2 Å². The molecule has 0 bridgehead atoms. The summed E-state index contributed by atoms with van der Waals surface area (Å²) in [6.45, 7) is 6.29. The van der Waals surface area contributed by atoms with Crippen molar-refractivity contribution in [2.45, 2.75) is 252 Å². The Balaban J connectivity index is 4.41. The van der Waals surface area contributed by atoms with Gasteiger partial charge in [-0.1, -0.05) is 243 Å². The summed E-state index contributed by atoms with van der Waals surface area (Å²) in [6.07, 6.45) is 91.0. The quantitative estimate of drug-likeness (QED) is 0.0261. The van der Waals surface area contributed by atoms with Gasteiger partial charge in [-0.15, -0.1) is 0 Å². The Bertz CT molecular complexity index is 1720. The van der Waals surface area contributed by atoms with E-state index in [0.717, 1.165) is 154 Å². The van der Waals surface area contributed by atoms with Crippen molar-refractivity contribution in [3.63, 3.8) is 0 Å². The van der Waals surface area contributed by atoms with E-state index in [9.17, 15) is 14.4 Å². The monoisotopic (exact) mass is 1050 g/mol. The van der Waals surface area contributed by atoms with Gasteiger partial charge in [-0.05, 0) is 141 Å². The van der Waals surface area contributed by atoms with Gasteiger partial charge in [-0.25, -0.2) is 0 Å². The topological polar surface area (TPSA) is 78.9 Å². The predicted octanol–water partition coefficient (Wildman–Crippen LogP) is 20.9. The zero-order valence-electron chi connectivity index (χ0n) is 48.7. The van der Waals surface area contributed by atoms with Crippen LogP contribution in [-0.2, 0) is 28.6 Å². The van der Waals surface area contributed by atoms with Crippen molar-refractivity contribution < 1.29 is 28.6 Å². The fraction of sp³-hybridized carbons (Fsp3) is 0.586. The summed E-state index contributed by atoms with van der Waals surface area (Å²) in [6, 6.07) is 0. The highest BCUT2D eigenvalue weighted by Gasteiger charge is 2.19. The molecule has 6 nitrogen and oxygen atoms in total. The number of hydrogen-bond donors (Lipinski definition) is 0. The fourth-order valence-corrected chi connectivity index (χ4v) is 7.74. The van der Waals surface area contributed by atoms with E-state index in [0.29, 0.717) is 25.7 Å². The van der Waals surface area contributed by atoms with Crippen LogP contribution in [0.5, 0.6) is 0 Å². The number of esters is 3. The highest BCUT2D eigenvalue weighted by atomic mass is 16.6. The van der Waals surface area contributed by atoms with Crippen LogP contribution in [0.15, 0.2) is 158 Å². The maximum atomic E-state index is 12.9. The molecule has 0 saturated carbocycles. The lowest BCUT2D eigenvalue weighted by atomic mass is 10.1. The largest absolute Gasteiger partial charge is 0.462 e. The summed E-state index contributed by atoms with van der Waals surface area (Å²) in [5.41, 5.74) is 0. The Morgan fingerprint density at radius 1 is 0.276 bits per heavy atom. The summed E-state index contributed by atoms with van der Waals surface area (Å²) < 4.78 is 16.8. The SMILES string of the molecule is CC/C=C\C/C=C\C/C=C\C/C=C\C/C=C\C/C=C\C/C=C\C/C=C\CCCCC(=O)OCC(COC(=O)CCCCCCC/C=C\CCC)OC(=O)CCCCCCCCCC/C=C\C/C=C\C/C=C\C/C=C\CC. The van der Waals surface area contributed by atoms with Gasteiger partial charge in [-0.2, -0.15) is 0 Å². The number of carbonyl (C=O) groups is 3. The van der Waals surface area contributed by atoms with E-state index in [1.807, 2.05) is 0 Å². The summed E-state index contributed by atoms with van der Waals surface area (Å²) >= 11 is 0. The van der Waals surface area contributed by atoms with Crippen molar-refractivity contribution in [2.75, 3.05) is 13.2 Å². The zero-order valence-corrected chi connectivity index (χ0v) is 48.7. The summed E-state index contributed by atoms with van der Waals surface area (Å²) in [4.78, 5) is 38.2. The Morgan fingerprint density at radius 3 is 0.842 bits per heavy atom. The van der Waals surface area contributed by atoms with Crippen LogP contribution in [0.1, 0.15) is 245 Å². The third-order valence-corrected chi connectivity index (χ3v) is 12.2. The Kier molecular flexibility index (Phi) is 58.5. The van der Waals surface area contributed by atoms with Crippen LogP contribution < -0.4 is 0 Å². The Labute approximate surface area is 467 Å². The second-order valence-corrected chi connectivity index (χ2v) is 19.5. The molecular weight excluding hydrogens is 937 g/mol. The molecule has 0 aliphatic rings. The normalized spacial score (nSPS) is 13.2. The van der Waals surface area contributed by atoms with Crippen molar-refractivity contribution in [1.29, 1.82) is 0 Å². The number of rotatable bonds is 53. The van der Waals surface area contributed by atoms with Gasteiger partial charge in [-0.3, -0.25) is 14.4 Å². The van der Waals surface area contributed by atoms with Crippen LogP contribution in [0.4, 0.5) is 0 Å². The zero-order chi connectivity index (χ0) is 55.0. The summed E-state index contributed by atoms with van der Waals surface area (Å²) in [7, 11) is 0. The molecule has 0 aromatic rings. The van der Waals surface area contributed by atoms with Gasteiger partial charge >= 0.3 is 17.9 Å². The maximum Gasteiger partial charge on any atom is 0.306 e. The summed E-state index contributed by atoms with van der Waals surface area (Å²) in [5, 5.41) is 0. The van der Waals surface area contributed by atoms with Crippen LogP contribution in [0, 0.1) is 0 Å². The van der Waals surface area contributed by atoms with E-state index >= 15 is 0 Å². The molecule has 0 aromatic carbocycles. The first kappa shape index (κ1) is 71.0. The number of ether oxygens (including phenoxy) is 3. The lowest BCUT2D eigenvalue weighted by Gasteiger charge is -2.18. The first-order chi connectivity index (χ1) is 37.5.